The Balaban J connectivity index is 2.01. The summed E-state index contributed by atoms with van der Waals surface area (Å²) in [5.74, 6) is 6.28. The third kappa shape index (κ3) is 4.06. The predicted molar refractivity (Wildman–Crippen MR) is 88.0 cm³/mol. The molecule has 3 N–H and O–H groups in total. The van der Waals surface area contributed by atoms with Crippen LogP contribution >= 0.6 is 0 Å². The van der Waals surface area contributed by atoms with E-state index in [2.05, 4.69) is 64.3 Å². The van der Waals surface area contributed by atoms with E-state index in [0.717, 1.165) is 19.3 Å². The molecule has 1 aliphatic rings. The van der Waals surface area contributed by atoms with Gasteiger partial charge in [0.2, 0.25) is 0 Å². The number of nitrogens with one attached hydrogen (secondary N) is 1. The van der Waals surface area contributed by atoms with Gasteiger partial charge < -0.3 is 4.74 Å². The Bertz CT molecular complexity index is 465. The molecule has 3 nitrogen and oxygen atoms in total. The summed E-state index contributed by atoms with van der Waals surface area (Å²) in [7, 11) is 0. The molecule has 118 valence electrons. The highest BCUT2D eigenvalue weighted by atomic mass is 16.5. The summed E-state index contributed by atoms with van der Waals surface area (Å²) < 4.78 is 6.20. The average Bonchev–Trinajstić information content (AvgIpc) is 2.61. The maximum Gasteiger partial charge on any atom is 0.0678 e. The van der Waals surface area contributed by atoms with Crippen LogP contribution in [-0.4, -0.2) is 17.2 Å². The molecule has 3 heteroatoms. The van der Waals surface area contributed by atoms with Crippen molar-refractivity contribution in [2.75, 3.05) is 0 Å². The van der Waals surface area contributed by atoms with Crippen LogP contribution in [0.4, 0.5) is 0 Å². The first-order valence-electron chi connectivity index (χ1n) is 7.95. The van der Waals surface area contributed by atoms with Gasteiger partial charge in [0, 0.05) is 12.0 Å². The van der Waals surface area contributed by atoms with Crippen LogP contribution < -0.4 is 11.3 Å². The summed E-state index contributed by atoms with van der Waals surface area (Å²) in [5, 5.41) is 0. The van der Waals surface area contributed by atoms with E-state index >= 15 is 0 Å². The smallest absolute Gasteiger partial charge is 0.0678 e. The van der Waals surface area contributed by atoms with E-state index in [1.165, 1.54) is 11.1 Å². The van der Waals surface area contributed by atoms with Gasteiger partial charge in [-0.1, -0.05) is 29.8 Å². The molecule has 1 saturated heterocycles. The summed E-state index contributed by atoms with van der Waals surface area (Å²) in [6.45, 7) is 10.8. The van der Waals surface area contributed by atoms with Crippen LogP contribution in [0.2, 0.25) is 0 Å². The van der Waals surface area contributed by atoms with Crippen LogP contribution in [0, 0.1) is 12.8 Å². The number of hydrogen-bond acceptors (Lipinski definition) is 3. The van der Waals surface area contributed by atoms with E-state index in [9.17, 15) is 0 Å². The molecule has 1 aromatic carbocycles. The standard InChI is InChI=1S/C18H30N2O/c1-13-6-8-14(9-7-13)10-11-16(20-19)15-12-17(2,3)21-18(15,4)5/h6-9,15-16,20H,10-12,19H2,1-5H3. The number of ether oxygens (including phenoxy) is 1. The van der Waals surface area contributed by atoms with E-state index < -0.39 is 0 Å². The molecule has 1 aliphatic heterocycles. The predicted octanol–water partition coefficient (Wildman–Crippen LogP) is 3.35. The average molecular weight is 290 g/mol. The highest BCUT2D eigenvalue weighted by Gasteiger charge is 2.48. The van der Waals surface area contributed by atoms with E-state index in [0.29, 0.717) is 5.92 Å². The quantitative estimate of drug-likeness (QED) is 0.646. The van der Waals surface area contributed by atoms with Crippen molar-refractivity contribution in [2.45, 2.75) is 71.1 Å². The summed E-state index contributed by atoms with van der Waals surface area (Å²) in [5.41, 5.74) is 5.52. The number of hydrogen-bond donors (Lipinski definition) is 2. The Labute approximate surface area is 129 Å². The molecule has 0 spiro atoms. The van der Waals surface area contributed by atoms with Crippen LogP contribution in [0.3, 0.4) is 0 Å². The molecule has 0 aliphatic carbocycles. The van der Waals surface area contributed by atoms with E-state index in [-0.39, 0.29) is 17.2 Å². The Kier molecular flexibility index (Phi) is 4.76. The van der Waals surface area contributed by atoms with Gasteiger partial charge in [-0.25, -0.2) is 0 Å². The van der Waals surface area contributed by atoms with Crippen molar-refractivity contribution in [3.05, 3.63) is 35.4 Å². The molecule has 0 bridgehead atoms. The zero-order valence-corrected chi connectivity index (χ0v) is 14.1. The Morgan fingerprint density at radius 1 is 1.24 bits per heavy atom. The molecule has 0 amide bonds. The van der Waals surface area contributed by atoms with Crippen molar-refractivity contribution >= 4 is 0 Å². The summed E-state index contributed by atoms with van der Waals surface area (Å²) in [6, 6.07) is 9.05. The first kappa shape index (κ1) is 16.5. The van der Waals surface area contributed by atoms with Crippen LogP contribution in [0.1, 0.15) is 51.7 Å². The maximum atomic E-state index is 6.20. The number of nitrogens with two attached hydrogens (primary N) is 1. The molecule has 1 heterocycles. The fourth-order valence-corrected chi connectivity index (χ4v) is 3.71. The summed E-state index contributed by atoms with van der Waals surface area (Å²) in [6.07, 6.45) is 3.12. The molecule has 0 radical (unpaired) electrons. The van der Waals surface area contributed by atoms with Crippen molar-refractivity contribution in [1.82, 2.24) is 5.43 Å². The lowest BCUT2D eigenvalue weighted by molar-refractivity contribution is -0.0779. The van der Waals surface area contributed by atoms with Gasteiger partial charge in [-0.2, -0.15) is 0 Å². The number of rotatable bonds is 5. The van der Waals surface area contributed by atoms with Crippen LogP contribution in [-0.2, 0) is 11.2 Å². The minimum Gasteiger partial charge on any atom is -0.369 e. The fourth-order valence-electron chi connectivity index (χ4n) is 3.71. The zero-order valence-electron chi connectivity index (χ0n) is 14.1. The van der Waals surface area contributed by atoms with Gasteiger partial charge >= 0.3 is 0 Å². The monoisotopic (exact) mass is 290 g/mol. The molecule has 2 unspecified atom stereocenters. The van der Waals surface area contributed by atoms with Crippen molar-refractivity contribution in [2.24, 2.45) is 11.8 Å². The Hall–Kier alpha value is -0.900. The molecule has 2 atom stereocenters. The largest absolute Gasteiger partial charge is 0.369 e. The van der Waals surface area contributed by atoms with Crippen LogP contribution in [0.5, 0.6) is 0 Å². The van der Waals surface area contributed by atoms with Gasteiger partial charge in [0.1, 0.15) is 0 Å². The summed E-state index contributed by atoms with van der Waals surface area (Å²) >= 11 is 0. The third-order valence-electron chi connectivity index (χ3n) is 4.71. The van der Waals surface area contributed by atoms with Gasteiger partial charge in [0.05, 0.1) is 11.2 Å². The van der Waals surface area contributed by atoms with Crippen molar-refractivity contribution in [1.29, 1.82) is 0 Å². The zero-order chi connectivity index (χ0) is 15.7. The summed E-state index contributed by atoms with van der Waals surface area (Å²) in [4.78, 5) is 0. The molecule has 0 aromatic heterocycles. The van der Waals surface area contributed by atoms with Gasteiger partial charge in [0.25, 0.3) is 0 Å². The lowest BCUT2D eigenvalue weighted by Crippen LogP contribution is -2.47. The molecular formula is C18H30N2O. The molecule has 0 saturated carbocycles. The minimum atomic E-state index is -0.131. The minimum absolute atomic E-state index is 0.0624. The molecular weight excluding hydrogens is 260 g/mol. The highest BCUT2D eigenvalue weighted by Crippen LogP contribution is 2.44. The number of aryl methyl sites for hydroxylation is 2. The van der Waals surface area contributed by atoms with E-state index in [1.807, 2.05) is 0 Å². The second-order valence-corrected chi connectivity index (χ2v) is 7.57. The third-order valence-corrected chi connectivity index (χ3v) is 4.71. The Morgan fingerprint density at radius 2 is 1.86 bits per heavy atom. The SMILES string of the molecule is Cc1ccc(CCC(NN)C2CC(C)(C)OC2(C)C)cc1. The lowest BCUT2D eigenvalue weighted by Gasteiger charge is -2.32. The van der Waals surface area contributed by atoms with E-state index in [4.69, 9.17) is 10.6 Å². The maximum absolute atomic E-state index is 6.20. The first-order valence-corrected chi connectivity index (χ1v) is 7.95. The second kappa shape index (κ2) is 6.07. The normalized spacial score (nSPS) is 25.0. The first-order chi connectivity index (χ1) is 9.73. The van der Waals surface area contributed by atoms with Crippen molar-refractivity contribution in [3.8, 4) is 0 Å². The van der Waals surface area contributed by atoms with Gasteiger partial charge in [-0.3, -0.25) is 11.3 Å². The van der Waals surface area contributed by atoms with Crippen molar-refractivity contribution in [3.63, 3.8) is 0 Å². The Morgan fingerprint density at radius 3 is 2.33 bits per heavy atom. The molecule has 1 fully saturated rings. The molecule has 21 heavy (non-hydrogen) atoms. The number of hydrazine groups is 1. The fraction of sp³-hybridized carbons (Fsp3) is 0.667. The van der Waals surface area contributed by atoms with Gasteiger partial charge in [-0.15, -0.1) is 0 Å². The lowest BCUT2D eigenvalue weighted by atomic mass is 9.80. The van der Waals surface area contributed by atoms with Crippen LogP contribution in [0.25, 0.3) is 0 Å². The van der Waals surface area contributed by atoms with Crippen molar-refractivity contribution < 1.29 is 4.74 Å². The topological polar surface area (TPSA) is 47.3 Å². The van der Waals surface area contributed by atoms with Gasteiger partial charge in [-0.05, 0) is 59.4 Å². The van der Waals surface area contributed by atoms with Gasteiger partial charge in [0.15, 0.2) is 0 Å². The highest BCUT2D eigenvalue weighted by molar-refractivity contribution is 5.21. The van der Waals surface area contributed by atoms with Crippen LogP contribution in [0.15, 0.2) is 24.3 Å². The van der Waals surface area contributed by atoms with E-state index in [1.54, 1.807) is 0 Å². The molecule has 2 rings (SSSR count). The second-order valence-electron chi connectivity index (χ2n) is 7.57. The number of benzene rings is 1. The molecule has 1 aromatic rings.